The van der Waals surface area contributed by atoms with E-state index in [9.17, 15) is 9.59 Å². The first-order valence-electron chi connectivity index (χ1n) is 5.36. The van der Waals surface area contributed by atoms with Crippen LogP contribution in [0.5, 0.6) is 0 Å². The van der Waals surface area contributed by atoms with Crippen molar-refractivity contribution in [3.05, 3.63) is 29.6 Å². The molecule has 0 saturated carbocycles. The molecule has 2 N–H and O–H groups in total. The van der Waals surface area contributed by atoms with Gasteiger partial charge in [-0.15, -0.1) is 0 Å². The molecule has 0 aromatic carbocycles. The number of aryl methyl sites for hydroxylation is 1. The first-order chi connectivity index (χ1) is 7.89. The topological polar surface area (TPSA) is 79.3 Å². The molecule has 1 aromatic heterocycles. The molecule has 0 aliphatic rings. The van der Waals surface area contributed by atoms with Crippen molar-refractivity contribution in [2.45, 2.75) is 32.7 Å². The molecule has 0 spiro atoms. The first-order valence-corrected chi connectivity index (χ1v) is 5.36. The maximum atomic E-state index is 11.9. The number of amides is 1. The van der Waals surface area contributed by atoms with Gasteiger partial charge in [0, 0.05) is 12.4 Å². The molecule has 0 aliphatic carbocycles. The summed E-state index contributed by atoms with van der Waals surface area (Å²) in [6.07, 6.45) is 3.36. The summed E-state index contributed by atoms with van der Waals surface area (Å²) in [5.74, 6) is -1.47. The van der Waals surface area contributed by atoms with E-state index in [1.807, 2.05) is 6.92 Å². The highest BCUT2D eigenvalue weighted by Crippen LogP contribution is 2.11. The number of nitrogens with one attached hydrogen (secondary N) is 1. The number of nitrogens with zero attached hydrogens (tertiary/aromatic N) is 1. The third-order valence-corrected chi connectivity index (χ3v) is 2.71. The third-order valence-electron chi connectivity index (χ3n) is 2.71. The lowest BCUT2D eigenvalue weighted by atomic mass is 9.98. The van der Waals surface area contributed by atoms with E-state index in [1.165, 1.54) is 13.1 Å². The number of hydrogen-bond acceptors (Lipinski definition) is 3. The Bertz CT molecular complexity index is 445. The van der Waals surface area contributed by atoms with Gasteiger partial charge >= 0.3 is 5.97 Å². The van der Waals surface area contributed by atoms with Crippen LogP contribution in [0.15, 0.2) is 18.5 Å². The van der Waals surface area contributed by atoms with E-state index in [-0.39, 0.29) is 0 Å². The summed E-state index contributed by atoms with van der Waals surface area (Å²) in [4.78, 5) is 26.8. The van der Waals surface area contributed by atoms with Crippen LogP contribution in [0, 0.1) is 6.92 Å². The second-order valence-electron chi connectivity index (χ2n) is 4.20. The lowest BCUT2D eigenvalue weighted by Gasteiger charge is -2.24. The average Bonchev–Trinajstić information content (AvgIpc) is 2.28. The van der Waals surface area contributed by atoms with Crippen molar-refractivity contribution in [3.8, 4) is 0 Å². The van der Waals surface area contributed by atoms with Gasteiger partial charge in [-0.05, 0) is 31.9 Å². The fourth-order valence-electron chi connectivity index (χ4n) is 1.29. The lowest BCUT2D eigenvalue weighted by Crippen LogP contribution is -2.51. The van der Waals surface area contributed by atoms with Gasteiger partial charge in [-0.1, -0.05) is 6.92 Å². The molecular formula is C12H16N2O3. The van der Waals surface area contributed by atoms with Gasteiger partial charge in [0.05, 0.1) is 5.56 Å². The van der Waals surface area contributed by atoms with Crippen LogP contribution in [0.3, 0.4) is 0 Å². The number of carboxylic acid groups (broad SMARTS) is 1. The zero-order chi connectivity index (χ0) is 13.1. The molecule has 1 heterocycles. The van der Waals surface area contributed by atoms with E-state index in [0.717, 1.165) is 5.56 Å². The molecule has 1 atom stereocenters. The number of pyridine rings is 1. The van der Waals surface area contributed by atoms with Gasteiger partial charge in [0.2, 0.25) is 0 Å². The predicted octanol–water partition coefficient (Wildman–Crippen LogP) is 1.37. The molecule has 0 fully saturated rings. The summed E-state index contributed by atoms with van der Waals surface area (Å²) >= 11 is 0. The highest BCUT2D eigenvalue weighted by Gasteiger charge is 2.33. The fraction of sp³-hybridized carbons (Fsp3) is 0.417. The number of carbonyl (C=O) groups is 2. The van der Waals surface area contributed by atoms with Gasteiger partial charge in [-0.2, -0.15) is 0 Å². The minimum absolute atomic E-state index is 0.313. The highest BCUT2D eigenvalue weighted by molar-refractivity contribution is 5.97. The van der Waals surface area contributed by atoms with Gasteiger partial charge in [0.15, 0.2) is 0 Å². The minimum atomic E-state index is -1.25. The van der Waals surface area contributed by atoms with Crippen LogP contribution < -0.4 is 5.32 Å². The van der Waals surface area contributed by atoms with Crippen molar-refractivity contribution >= 4 is 11.9 Å². The monoisotopic (exact) mass is 236 g/mol. The summed E-state index contributed by atoms with van der Waals surface area (Å²) in [5.41, 5.74) is -0.0296. The van der Waals surface area contributed by atoms with Crippen molar-refractivity contribution in [2.75, 3.05) is 0 Å². The van der Waals surface area contributed by atoms with Crippen molar-refractivity contribution < 1.29 is 14.7 Å². The van der Waals surface area contributed by atoms with Crippen molar-refractivity contribution in [2.24, 2.45) is 0 Å². The Labute approximate surface area is 99.9 Å². The second kappa shape index (κ2) is 4.95. The largest absolute Gasteiger partial charge is 0.480 e. The molecule has 0 aliphatic heterocycles. The van der Waals surface area contributed by atoms with Crippen molar-refractivity contribution in [3.63, 3.8) is 0 Å². The van der Waals surface area contributed by atoms with Gasteiger partial charge in [-0.25, -0.2) is 4.79 Å². The maximum absolute atomic E-state index is 11.9. The Kier molecular flexibility index (Phi) is 3.83. The molecule has 92 valence electrons. The predicted molar refractivity (Wildman–Crippen MR) is 62.8 cm³/mol. The number of rotatable bonds is 4. The average molecular weight is 236 g/mol. The summed E-state index contributed by atoms with van der Waals surface area (Å²) in [6.45, 7) is 5.01. The molecule has 0 radical (unpaired) electrons. The van der Waals surface area contributed by atoms with Crippen LogP contribution >= 0.6 is 0 Å². The second-order valence-corrected chi connectivity index (χ2v) is 4.20. The minimum Gasteiger partial charge on any atom is -0.480 e. The molecule has 17 heavy (non-hydrogen) atoms. The van der Waals surface area contributed by atoms with E-state index in [0.29, 0.717) is 12.0 Å². The molecular weight excluding hydrogens is 220 g/mol. The smallest absolute Gasteiger partial charge is 0.329 e. The van der Waals surface area contributed by atoms with Gasteiger partial charge in [0.1, 0.15) is 5.54 Å². The molecule has 0 bridgehead atoms. The number of aliphatic carboxylic acids is 1. The highest BCUT2D eigenvalue weighted by atomic mass is 16.4. The number of carbonyl (C=O) groups excluding carboxylic acids is 1. The standard InChI is InChI=1S/C12H16N2O3/c1-4-12(3,11(16)17)14-10(15)9-5-8(2)6-13-7-9/h5-7H,4H2,1-3H3,(H,14,15)(H,16,17). The quantitative estimate of drug-likeness (QED) is 0.827. The summed E-state index contributed by atoms with van der Waals surface area (Å²) in [6, 6.07) is 1.67. The van der Waals surface area contributed by atoms with Crippen LogP contribution in [0.25, 0.3) is 0 Å². The van der Waals surface area contributed by atoms with Crippen LogP contribution in [0.2, 0.25) is 0 Å². The summed E-state index contributed by atoms with van der Waals surface area (Å²) in [7, 11) is 0. The number of carboxylic acids is 1. The van der Waals surface area contributed by atoms with Crippen LogP contribution in [0.1, 0.15) is 36.2 Å². The van der Waals surface area contributed by atoms with Crippen LogP contribution in [-0.4, -0.2) is 27.5 Å². The molecule has 1 amide bonds. The van der Waals surface area contributed by atoms with Crippen molar-refractivity contribution in [1.82, 2.24) is 10.3 Å². The van der Waals surface area contributed by atoms with E-state index < -0.39 is 17.4 Å². The fourth-order valence-corrected chi connectivity index (χ4v) is 1.29. The Morgan fingerprint density at radius 1 is 1.47 bits per heavy atom. The molecule has 1 unspecified atom stereocenters. The number of hydrogen-bond donors (Lipinski definition) is 2. The molecule has 5 nitrogen and oxygen atoms in total. The number of aromatic nitrogens is 1. The van der Waals surface area contributed by atoms with Crippen LogP contribution in [-0.2, 0) is 4.79 Å². The SMILES string of the molecule is CCC(C)(NC(=O)c1cncc(C)c1)C(=O)O. The molecule has 1 rings (SSSR count). The van der Waals surface area contributed by atoms with Gasteiger partial charge in [-0.3, -0.25) is 9.78 Å². The first kappa shape index (κ1) is 13.2. The molecule has 0 saturated heterocycles. The summed E-state index contributed by atoms with van der Waals surface area (Å²) < 4.78 is 0. The zero-order valence-electron chi connectivity index (χ0n) is 10.2. The van der Waals surface area contributed by atoms with E-state index in [2.05, 4.69) is 10.3 Å². The lowest BCUT2D eigenvalue weighted by molar-refractivity contribution is -0.143. The Hall–Kier alpha value is -1.91. The van der Waals surface area contributed by atoms with E-state index in [1.54, 1.807) is 19.2 Å². The Balaban J connectivity index is 2.89. The molecule has 5 heteroatoms. The third kappa shape index (κ3) is 3.03. The Morgan fingerprint density at radius 2 is 2.12 bits per heavy atom. The maximum Gasteiger partial charge on any atom is 0.329 e. The normalized spacial score (nSPS) is 13.8. The Morgan fingerprint density at radius 3 is 2.59 bits per heavy atom. The zero-order valence-corrected chi connectivity index (χ0v) is 10.2. The van der Waals surface area contributed by atoms with Crippen molar-refractivity contribution in [1.29, 1.82) is 0 Å². The van der Waals surface area contributed by atoms with Crippen LogP contribution in [0.4, 0.5) is 0 Å². The molecule has 1 aromatic rings. The van der Waals surface area contributed by atoms with E-state index >= 15 is 0 Å². The van der Waals surface area contributed by atoms with Gasteiger partial charge < -0.3 is 10.4 Å². The van der Waals surface area contributed by atoms with E-state index in [4.69, 9.17) is 5.11 Å². The van der Waals surface area contributed by atoms with Gasteiger partial charge in [0.25, 0.3) is 5.91 Å². The summed E-state index contributed by atoms with van der Waals surface area (Å²) in [5, 5.41) is 11.6.